The van der Waals surface area contributed by atoms with Gasteiger partial charge in [0, 0.05) is 0 Å². The van der Waals surface area contributed by atoms with Gasteiger partial charge in [0.1, 0.15) is 11.5 Å². The maximum atomic E-state index is 10.9. The SMILES string of the molecule is COc1ccc(OP(=O)(O)C(=O)O)cc1.[NaH].[NaH]. The van der Waals surface area contributed by atoms with Gasteiger partial charge < -0.3 is 19.3 Å². The van der Waals surface area contributed by atoms with Gasteiger partial charge in [-0.15, -0.1) is 0 Å². The van der Waals surface area contributed by atoms with Crippen LogP contribution < -0.4 is 9.26 Å². The van der Waals surface area contributed by atoms with E-state index in [1.165, 1.54) is 31.4 Å². The van der Waals surface area contributed by atoms with Crippen molar-refractivity contribution >= 4 is 72.4 Å². The van der Waals surface area contributed by atoms with Crippen molar-refractivity contribution in [2.45, 2.75) is 0 Å². The molecule has 86 valence electrons. The molecular weight excluding hydrogens is 269 g/mol. The molecule has 6 nitrogen and oxygen atoms in total. The summed E-state index contributed by atoms with van der Waals surface area (Å²) in [6.45, 7) is 0. The van der Waals surface area contributed by atoms with Crippen LogP contribution in [0.25, 0.3) is 0 Å². The molecule has 0 aromatic heterocycles. The molecule has 1 rings (SSSR count). The van der Waals surface area contributed by atoms with Gasteiger partial charge in [0.05, 0.1) is 7.11 Å². The van der Waals surface area contributed by atoms with E-state index in [1.807, 2.05) is 0 Å². The van der Waals surface area contributed by atoms with Crippen molar-refractivity contribution in [2.75, 3.05) is 7.11 Å². The number of hydrogen-bond acceptors (Lipinski definition) is 4. The van der Waals surface area contributed by atoms with Crippen molar-refractivity contribution in [2.24, 2.45) is 0 Å². The topological polar surface area (TPSA) is 93.1 Å². The van der Waals surface area contributed by atoms with Gasteiger partial charge in [-0.1, -0.05) is 0 Å². The van der Waals surface area contributed by atoms with Crippen molar-refractivity contribution in [3.63, 3.8) is 0 Å². The van der Waals surface area contributed by atoms with E-state index in [4.69, 9.17) is 14.7 Å². The number of carboxylic acid groups (broad SMARTS) is 1. The zero-order chi connectivity index (χ0) is 11.5. The van der Waals surface area contributed by atoms with Gasteiger partial charge in [0.25, 0.3) is 0 Å². The molecule has 2 N–H and O–H groups in total. The van der Waals surface area contributed by atoms with Gasteiger partial charge in [-0.25, -0.2) is 9.36 Å². The Hall–Kier alpha value is 0.480. The molecule has 0 radical (unpaired) electrons. The van der Waals surface area contributed by atoms with Crippen LogP contribution in [0, 0.1) is 0 Å². The van der Waals surface area contributed by atoms with Crippen molar-refractivity contribution in [1.82, 2.24) is 0 Å². The van der Waals surface area contributed by atoms with Crippen molar-refractivity contribution in [1.29, 1.82) is 0 Å². The van der Waals surface area contributed by atoms with Gasteiger partial charge in [-0.05, 0) is 24.3 Å². The average molecular weight is 280 g/mol. The molecule has 0 bridgehead atoms. The number of rotatable bonds is 4. The first-order valence-electron chi connectivity index (χ1n) is 3.85. The fourth-order valence-electron chi connectivity index (χ4n) is 0.819. The van der Waals surface area contributed by atoms with Crippen LogP contribution in [0.3, 0.4) is 0 Å². The third-order valence-electron chi connectivity index (χ3n) is 1.53. The van der Waals surface area contributed by atoms with Crippen LogP contribution in [-0.2, 0) is 4.57 Å². The maximum absolute atomic E-state index is 10.9. The molecule has 0 aliphatic heterocycles. The Balaban J connectivity index is 0. The Morgan fingerprint density at radius 3 is 1.94 bits per heavy atom. The summed E-state index contributed by atoms with van der Waals surface area (Å²) in [6.07, 6.45) is 0. The van der Waals surface area contributed by atoms with Gasteiger partial charge in [-0.3, -0.25) is 0 Å². The summed E-state index contributed by atoms with van der Waals surface area (Å²) >= 11 is 0. The molecule has 0 fully saturated rings. The van der Waals surface area contributed by atoms with Crippen LogP contribution in [0.5, 0.6) is 11.5 Å². The zero-order valence-corrected chi connectivity index (χ0v) is 8.68. The molecule has 0 saturated carbocycles. The first-order valence-corrected chi connectivity index (χ1v) is 5.43. The first-order chi connectivity index (χ1) is 6.95. The summed E-state index contributed by atoms with van der Waals surface area (Å²) in [5, 5.41) is 8.34. The van der Waals surface area contributed by atoms with Crippen molar-refractivity contribution < 1.29 is 28.6 Å². The van der Waals surface area contributed by atoms with E-state index in [0.717, 1.165) is 0 Å². The minimum atomic E-state index is -4.63. The van der Waals surface area contributed by atoms with Gasteiger partial charge in [0.2, 0.25) is 0 Å². The molecule has 0 aliphatic rings. The molecule has 1 aromatic rings. The standard InChI is InChI=1S/C8H9O6P.2Na.2H/c1-13-6-2-4-7(5-3-6)14-15(11,12)8(9)10;;;;/h2-5H,1H3,(H,9,10)(H,11,12);;;;. The van der Waals surface area contributed by atoms with Gasteiger partial charge in [-0.2, -0.15) is 0 Å². The third-order valence-corrected chi connectivity index (χ3v) is 2.47. The van der Waals surface area contributed by atoms with Crippen LogP contribution in [0.2, 0.25) is 0 Å². The van der Waals surface area contributed by atoms with E-state index in [2.05, 4.69) is 4.52 Å². The Morgan fingerprint density at radius 2 is 1.59 bits per heavy atom. The Labute approximate surface area is 142 Å². The van der Waals surface area contributed by atoms with E-state index >= 15 is 0 Å². The fourth-order valence-corrected chi connectivity index (χ4v) is 1.30. The molecule has 0 heterocycles. The van der Waals surface area contributed by atoms with E-state index in [0.29, 0.717) is 5.75 Å². The van der Waals surface area contributed by atoms with Gasteiger partial charge in [0.15, 0.2) is 0 Å². The number of benzene rings is 1. The molecule has 9 heteroatoms. The summed E-state index contributed by atoms with van der Waals surface area (Å²) < 4.78 is 20.2. The molecule has 0 spiro atoms. The molecule has 0 aliphatic carbocycles. The fraction of sp³-hybridized carbons (Fsp3) is 0.125. The number of ether oxygens (including phenoxy) is 1. The van der Waals surface area contributed by atoms with E-state index in [-0.39, 0.29) is 64.9 Å². The third kappa shape index (κ3) is 6.27. The molecule has 0 saturated heterocycles. The Kier molecular flexibility index (Phi) is 9.97. The number of hydrogen-bond donors (Lipinski definition) is 2. The normalized spacial score (nSPS) is 12.4. The predicted molar refractivity (Wildman–Crippen MR) is 65.8 cm³/mol. The van der Waals surface area contributed by atoms with Gasteiger partial charge >= 0.3 is 72.4 Å². The summed E-state index contributed by atoms with van der Waals surface area (Å²) in [7, 11) is -3.17. The van der Waals surface area contributed by atoms with E-state index in [1.54, 1.807) is 0 Å². The van der Waals surface area contributed by atoms with Crippen molar-refractivity contribution in [3.05, 3.63) is 24.3 Å². The van der Waals surface area contributed by atoms with Crippen LogP contribution in [-0.4, -0.2) is 81.9 Å². The zero-order valence-electron chi connectivity index (χ0n) is 7.78. The van der Waals surface area contributed by atoms with Crippen LogP contribution in [0.15, 0.2) is 24.3 Å². The Bertz CT molecular complexity index is 407. The van der Waals surface area contributed by atoms with Crippen LogP contribution in [0.1, 0.15) is 0 Å². The number of carbonyl (C=O) groups is 1. The Morgan fingerprint density at radius 1 is 1.18 bits per heavy atom. The van der Waals surface area contributed by atoms with Crippen LogP contribution >= 0.6 is 7.60 Å². The molecule has 1 unspecified atom stereocenters. The second-order valence-electron chi connectivity index (χ2n) is 2.57. The van der Waals surface area contributed by atoms with E-state index in [9.17, 15) is 9.36 Å². The predicted octanol–water partition coefficient (Wildman–Crippen LogP) is 0.640. The molecule has 1 aromatic carbocycles. The summed E-state index contributed by atoms with van der Waals surface area (Å²) in [5.74, 6) is 0.523. The molecular formula is C8H11Na2O6P. The van der Waals surface area contributed by atoms with Crippen molar-refractivity contribution in [3.8, 4) is 11.5 Å². The quantitative estimate of drug-likeness (QED) is 0.621. The molecule has 1 atom stereocenters. The van der Waals surface area contributed by atoms with Crippen LogP contribution in [0.4, 0.5) is 4.79 Å². The number of methoxy groups -OCH3 is 1. The van der Waals surface area contributed by atoms with E-state index < -0.39 is 13.3 Å². The first kappa shape index (κ1) is 19.8. The second kappa shape index (κ2) is 8.56. The molecule has 17 heavy (non-hydrogen) atoms. The minimum absolute atomic E-state index is 0. The monoisotopic (exact) mass is 280 g/mol. The summed E-state index contributed by atoms with van der Waals surface area (Å²) in [6, 6.07) is 5.64. The second-order valence-corrected chi connectivity index (χ2v) is 4.18. The average Bonchev–Trinajstić information content (AvgIpc) is 2.18. The summed E-state index contributed by atoms with van der Waals surface area (Å²) in [5.41, 5.74) is -1.89. The molecule has 0 amide bonds. The summed E-state index contributed by atoms with van der Waals surface area (Å²) in [4.78, 5) is 19.2.